The first-order chi connectivity index (χ1) is 14.0. The van der Waals surface area contributed by atoms with Crippen molar-refractivity contribution in [1.29, 1.82) is 0 Å². The zero-order valence-electron chi connectivity index (χ0n) is 18.7. The SMILES string of the molecule is COC(=O)Cc1ccc(Cl)c(OCCN2[C@H](C)CN(C(=O)OC(C)(C)C)C[C@@H]2C)c1. The number of nitrogens with zero attached hydrogens (tertiary/aromatic N) is 2. The molecular weight excluding hydrogens is 408 g/mol. The summed E-state index contributed by atoms with van der Waals surface area (Å²) in [4.78, 5) is 28.0. The number of amides is 1. The van der Waals surface area contributed by atoms with Crippen LogP contribution in [0.25, 0.3) is 0 Å². The number of carbonyl (C=O) groups excluding carboxylic acids is 2. The number of esters is 1. The minimum atomic E-state index is -0.504. The van der Waals surface area contributed by atoms with Gasteiger partial charge in [0, 0.05) is 31.7 Å². The highest BCUT2D eigenvalue weighted by Crippen LogP contribution is 2.26. The molecule has 1 fully saturated rings. The van der Waals surface area contributed by atoms with Gasteiger partial charge in [-0.3, -0.25) is 9.69 Å². The van der Waals surface area contributed by atoms with Crippen LogP contribution in [-0.2, 0) is 20.7 Å². The number of hydrogen-bond acceptors (Lipinski definition) is 6. The van der Waals surface area contributed by atoms with Crippen LogP contribution in [0, 0.1) is 0 Å². The molecule has 1 aromatic rings. The van der Waals surface area contributed by atoms with E-state index in [9.17, 15) is 9.59 Å². The lowest BCUT2D eigenvalue weighted by Gasteiger charge is -2.44. The van der Waals surface area contributed by atoms with Gasteiger partial charge in [0.05, 0.1) is 18.6 Å². The molecule has 0 aliphatic carbocycles. The monoisotopic (exact) mass is 440 g/mol. The third kappa shape index (κ3) is 7.06. The first kappa shape index (κ1) is 24.3. The van der Waals surface area contributed by atoms with Crippen molar-refractivity contribution in [1.82, 2.24) is 9.80 Å². The summed E-state index contributed by atoms with van der Waals surface area (Å²) >= 11 is 6.24. The average molecular weight is 441 g/mol. The van der Waals surface area contributed by atoms with Crippen LogP contribution >= 0.6 is 11.6 Å². The zero-order valence-corrected chi connectivity index (χ0v) is 19.5. The highest BCUT2D eigenvalue weighted by molar-refractivity contribution is 6.32. The Labute approximate surface area is 184 Å². The van der Waals surface area contributed by atoms with E-state index in [0.29, 0.717) is 37.0 Å². The van der Waals surface area contributed by atoms with Gasteiger partial charge in [0.1, 0.15) is 18.0 Å². The maximum Gasteiger partial charge on any atom is 0.410 e. The van der Waals surface area contributed by atoms with E-state index in [1.807, 2.05) is 20.8 Å². The average Bonchev–Trinajstić information content (AvgIpc) is 2.64. The Morgan fingerprint density at radius 3 is 2.37 bits per heavy atom. The van der Waals surface area contributed by atoms with Gasteiger partial charge in [-0.15, -0.1) is 0 Å². The second-order valence-corrected chi connectivity index (χ2v) is 9.09. The van der Waals surface area contributed by atoms with Crippen LogP contribution in [0.2, 0.25) is 5.02 Å². The summed E-state index contributed by atoms with van der Waals surface area (Å²) in [6.45, 7) is 12.2. The number of carbonyl (C=O) groups is 2. The van der Waals surface area contributed by atoms with E-state index in [4.69, 9.17) is 25.8 Å². The molecule has 8 heteroatoms. The van der Waals surface area contributed by atoms with Crippen molar-refractivity contribution < 1.29 is 23.8 Å². The first-order valence-electron chi connectivity index (χ1n) is 10.2. The number of hydrogen-bond donors (Lipinski definition) is 0. The highest BCUT2D eigenvalue weighted by Gasteiger charge is 2.33. The largest absolute Gasteiger partial charge is 0.491 e. The van der Waals surface area contributed by atoms with E-state index in [1.165, 1.54) is 7.11 Å². The fourth-order valence-corrected chi connectivity index (χ4v) is 3.71. The fraction of sp³-hybridized carbons (Fsp3) is 0.636. The van der Waals surface area contributed by atoms with Gasteiger partial charge in [0.2, 0.25) is 0 Å². The molecule has 0 saturated carbocycles. The Hall–Kier alpha value is -1.99. The van der Waals surface area contributed by atoms with Gasteiger partial charge in [-0.2, -0.15) is 0 Å². The molecule has 2 rings (SSSR count). The van der Waals surface area contributed by atoms with E-state index < -0.39 is 5.60 Å². The summed E-state index contributed by atoms with van der Waals surface area (Å²) in [6.07, 6.45) is -0.101. The summed E-state index contributed by atoms with van der Waals surface area (Å²) < 4.78 is 16.1. The third-order valence-electron chi connectivity index (χ3n) is 4.93. The maximum absolute atomic E-state index is 12.4. The van der Waals surface area contributed by atoms with Crippen molar-refractivity contribution in [3.8, 4) is 5.75 Å². The van der Waals surface area contributed by atoms with Crippen LogP contribution < -0.4 is 4.74 Å². The topological polar surface area (TPSA) is 68.3 Å². The summed E-state index contributed by atoms with van der Waals surface area (Å²) in [7, 11) is 1.36. The molecule has 30 heavy (non-hydrogen) atoms. The minimum Gasteiger partial charge on any atom is -0.491 e. The Morgan fingerprint density at radius 2 is 1.80 bits per heavy atom. The lowest BCUT2D eigenvalue weighted by atomic mass is 10.1. The van der Waals surface area contributed by atoms with Gasteiger partial charge in [-0.1, -0.05) is 17.7 Å². The standard InChI is InChI=1S/C22H33ClN2O5/c1-15-13-24(21(27)30-22(3,4)5)14-16(2)25(15)9-10-29-19-11-17(7-8-18(19)23)12-20(26)28-6/h7-8,11,15-16H,9-10,12-14H2,1-6H3/t15-,16+. The van der Waals surface area contributed by atoms with Gasteiger partial charge < -0.3 is 19.1 Å². The Kier molecular flexibility index (Phi) is 8.38. The molecule has 1 saturated heterocycles. The van der Waals surface area contributed by atoms with Gasteiger partial charge in [-0.25, -0.2) is 4.79 Å². The van der Waals surface area contributed by atoms with E-state index >= 15 is 0 Å². The molecule has 1 aliphatic heterocycles. The molecular formula is C22H33ClN2O5. The number of halogens is 1. The van der Waals surface area contributed by atoms with Crippen molar-refractivity contribution >= 4 is 23.7 Å². The van der Waals surface area contributed by atoms with Crippen LogP contribution in [0.15, 0.2) is 18.2 Å². The zero-order chi connectivity index (χ0) is 22.5. The van der Waals surface area contributed by atoms with Gasteiger partial charge in [0.25, 0.3) is 0 Å². The van der Waals surface area contributed by atoms with Crippen molar-refractivity contribution in [3.63, 3.8) is 0 Å². The number of ether oxygens (including phenoxy) is 3. The lowest BCUT2D eigenvalue weighted by Crippen LogP contribution is -2.59. The van der Waals surface area contributed by atoms with Crippen molar-refractivity contribution in [3.05, 3.63) is 28.8 Å². The summed E-state index contributed by atoms with van der Waals surface area (Å²) in [6, 6.07) is 5.62. The van der Waals surface area contributed by atoms with Crippen molar-refractivity contribution in [2.24, 2.45) is 0 Å². The Balaban J connectivity index is 1.90. The van der Waals surface area contributed by atoms with E-state index in [0.717, 1.165) is 5.56 Å². The molecule has 0 spiro atoms. The smallest absolute Gasteiger partial charge is 0.410 e. The summed E-state index contributed by atoms with van der Waals surface area (Å²) in [5.41, 5.74) is 0.282. The summed E-state index contributed by atoms with van der Waals surface area (Å²) in [5.74, 6) is 0.236. The molecule has 1 amide bonds. The van der Waals surface area contributed by atoms with Crippen LogP contribution in [0.3, 0.4) is 0 Å². The normalized spacial score (nSPS) is 20.0. The van der Waals surface area contributed by atoms with Crippen molar-refractivity contribution in [2.45, 2.75) is 58.7 Å². The highest BCUT2D eigenvalue weighted by atomic mass is 35.5. The van der Waals surface area contributed by atoms with E-state index in [1.54, 1.807) is 23.1 Å². The summed E-state index contributed by atoms with van der Waals surface area (Å²) in [5, 5.41) is 0.499. The number of rotatable bonds is 6. The van der Waals surface area contributed by atoms with Crippen LogP contribution in [-0.4, -0.2) is 72.9 Å². The number of benzene rings is 1. The number of piperazine rings is 1. The van der Waals surface area contributed by atoms with Crippen LogP contribution in [0.1, 0.15) is 40.2 Å². The van der Waals surface area contributed by atoms with Crippen LogP contribution in [0.4, 0.5) is 4.79 Å². The first-order valence-corrected chi connectivity index (χ1v) is 10.6. The second kappa shape index (κ2) is 10.4. The molecule has 168 valence electrons. The Bertz CT molecular complexity index is 738. The molecule has 0 radical (unpaired) electrons. The van der Waals surface area contributed by atoms with Gasteiger partial charge >= 0.3 is 12.1 Å². The molecule has 2 atom stereocenters. The van der Waals surface area contributed by atoms with Crippen LogP contribution in [0.5, 0.6) is 5.75 Å². The second-order valence-electron chi connectivity index (χ2n) is 8.69. The van der Waals surface area contributed by atoms with Crippen molar-refractivity contribution in [2.75, 3.05) is 33.4 Å². The lowest BCUT2D eigenvalue weighted by molar-refractivity contribution is -0.139. The van der Waals surface area contributed by atoms with Gasteiger partial charge in [-0.05, 0) is 52.3 Å². The molecule has 0 unspecified atom stereocenters. The third-order valence-corrected chi connectivity index (χ3v) is 5.24. The Morgan fingerprint density at radius 1 is 1.17 bits per heavy atom. The van der Waals surface area contributed by atoms with E-state index in [-0.39, 0.29) is 30.6 Å². The minimum absolute atomic E-state index is 0.171. The molecule has 0 bridgehead atoms. The fourth-order valence-electron chi connectivity index (χ4n) is 3.54. The number of methoxy groups -OCH3 is 1. The molecule has 1 aliphatic rings. The predicted octanol–water partition coefficient (Wildman–Crippen LogP) is 3.76. The van der Waals surface area contributed by atoms with E-state index in [2.05, 4.69) is 18.7 Å². The molecule has 1 heterocycles. The molecule has 0 N–H and O–H groups in total. The van der Waals surface area contributed by atoms with Gasteiger partial charge in [0.15, 0.2) is 0 Å². The maximum atomic E-state index is 12.4. The molecule has 1 aromatic carbocycles. The molecule has 0 aromatic heterocycles. The predicted molar refractivity (Wildman–Crippen MR) is 116 cm³/mol. The molecule has 7 nitrogen and oxygen atoms in total. The quantitative estimate of drug-likeness (QED) is 0.627.